The van der Waals surface area contributed by atoms with Gasteiger partial charge >= 0.3 is 0 Å². The number of benzene rings is 2. The van der Waals surface area contributed by atoms with Gasteiger partial charge < -0.3 is 15.0 Å². The molecule has 0 saturated carbocycles. The Morgan fingerprint density at radius 3 is 2.60 bits per heavy atom. The van der Waals surface area contributed by atoms with Crippen molar-refractivity contribution in [2.75, 3.05) is 19.1 Å². The number of aromatic amines is 1. The van der Waals surface area contributed by atoms with Crippen LogP contribution in [0.3, 0.4) is 0 Å². The van der Waals surface area contributed by atoms with Crippen LogP contribution in [0.4, 0.5) is 5.69 Å². The lowest BCUT2D eigenvalue weighted by Gasteiger charge is -2.35. The second kappa shape index (κ2) is 5.98. The quantitative estimate of drug-likeness (QED) is 0.772. The molecule has 1 amide bonds. The second-order valence-electron chi connectivity index (χ2n) is 5.92. The predicted molar refractivity (Wildman–Crippen MR) is 95.6 cm³/mol. The highest BCUT2D eigenvalue weighted by atomic mass is 16.5. The minimum Gasteiger partial charge on any atom is -0.497 e. The second-order valence-corrected chi connectivity index (χ2v) is 5.92. The SMILES string of the molecule is COc1ccc(-c2c[nH]nc2C2NC(=O)c3ccccc3N2C)cc1. The van der Waals surface area contributed by atoms with Gasteiger partial charge in [-0.05, 0) is 29.8 Å². The van der Waals surface area contributed by atoms with Crippen LogP contribution in [0.25, 0.3) is 11.1 Å². The Balaban J connectivity index is 1.74. The summed E-state index contributed by atoms with van der Waals surface area (Å²) in [6, 6.07) is 15.3. The number of nitrogens with one attached hydrogen (secondary N) is 2. The molecule has 1 unspecified atom stereocenters. The summed E-state index contributed by atoms with van der Waals surface area (Å²) in [6.07, 6.45) is 1.50. The number of nitrogens with zero attached hydrogens (tertiary/aromatic N) is 2. The maximum absolute atomic E-state index is 12.5. The van der Waals surface area contributed by atoms with E-state index in [9.17, 15) is 4.79 Å². The molecule has 2 aromatic carbocycles. The number of carbonyl (C=O) groups excluding carboxylic acids is 1. The number of para-hydroxylation sites is 1. The van der Waals surface area contributed by atoms with Crippen LogP contribution >= 0.6 is 0 Å². The first-order chi connectivity index (χ1) is 12.2. The van der Waals surface area contributed by atoms with Crippen LogP contribution < -0.4 is 15.0 Å². The van der Waals surface area contributed by atoms with E-state index < -0.39 is 0 Å². The highest BCUT2D eigenvalue weighted by molar-refractivity contribution is 6.02. The zero-order valence-corrected chi connectivity index (χ0v) is 14.0. The van der Waals surface area contributed by atoms with Gasteiger partial charge in [-0.1, -0.05) is 24.3 Å². The lowest BCUT2D eigenvalue weighted by atomic mass is 10.0. The van der Waals surface area contributed by atoms with E-state index in [1.54, 1.807) is 7.11 Å². The molecule has 1 aliphatic rings. The summed E-state index contributed by atoms with van der Waals surface area (Å²) in [7, 11) is 3.59. The van der Waals surface area contributed by atoms with Crippen molar-refractivity contribution < 1.29 is 9.53 Å². The van der Waals surface area contributed by atoms with Crippen LogP contribution in [-0.2, 0) is 0 Å². The number of hydrogen-bond donors (Lipinski definition) is 2. The van der Waals surface area contributed by atoms with Crippen LogP contribution in [0.15, 0.2) is 54.7 Å². The van der Waals surface area contributed by atoms with Gasteiger partial charge in [-0.25, -0.2) is 0 Å². The molecular weight excluding hydrogens is 316 g/mol. The largest absolute Gasteiger partial charge is 0.497 e. The number of fused-ring (bicyclic) bond motifs is 1. The van der Waals surface area contributed by atoms with Gasteiger partial charge in [-0.3, -0.25) is 9.89 Å². The molecule has 2 heterocycles. The number of amides is 1. The van der Waals surface area contributed by atoms with E-state index in [0.717, 1.165) is 28.3 Å². The van der Waals surface area contributed by atoms with Gasteiger partial charge in [-0.15, -0.1) is 0 Å². The lowest BCUT2D eigenvalue weighted by molar-refractivity contribution is 0.0927. The van der Waals surface area contributed by atoms with Crippen LogP contribution in [-0.4, -0.2) is 30.3 Å². The Kier molecular flexibility index (Phi) is 3.65. The Bertz CT molecular complexity index is 917. The van der Waals surface area contributed by atoms with Crippen molar-refractivity contribution in [3.8, 4) is 16.9 Å². The number of anilines is 1. The van der Waals surface area contributed by atoms with E-state index in [-0.39, 0.29) is 12.1 Å². The maximum Gasteiger partial charge on any atom is 0.255 e. The monoisotopic (exact) mass is 334 g/mol. The fourth-order valence-corrected chi connectivity index (χ4v) is 3.17. The van der Waals surface area contributed by atoms with Crippen molar-refractivity contribution in [2.45, 2.75) is 6.17 Å². The molecule has 0 radical (unpaired) electrons. The van der Waals surface area contributed by atoms with Crippen LogP contribution in [0.2, 0.25) is 0 Å². The molecule has 0 spiro atoms. The van der Waals surface area contributed by atoms with Crippen LogP contribution in [0.5, 0.6) is 5.75 Å². The van der Waals surface area contributed by atoms with Gasteiger partial charge in [0.2, 0.25) is 0 Å². The van der Waals surface area contributed by atoms with E-state index >= 15 is 0 Å². The van der Waals surface area contributed by atoms with Crippen molar-refractivity contribution >= 4 is 11.6 Å². The molecule has 6 heteroatoms. The summed E-state index contributed by atoms with van der Waals surface area (Å²) in [5, 5.41) is 10.4. The Hall–Kier alpha value is -3.28. The zero-order valence-electron chi connectivity index (χ0n) is 14.0. The number of carbonyl (C=O) groups is 1. The molecule has 0 fully saturated rings. The number of rotatable bonds is 3. The molecule has 3 aromatic rings. The Labute approximate surface area is 145 Å². The van der Waals surface area contributed by atoms with Crippen molar-refractivity contribution in [1.29, 1.82) is 0 Å². The van der Waals surface area contributed by atoms with Gasteiger partial charge in [-0.2, -0.15) is 5.10 Å². The third kappa shape index (κ3) is 2.52. The first kappa shape index (κ1) is 15.3. The van der Waals surface area contributed by atoms with Crippen molar-refractivity contribution in [3.05, 3.63) is 66.0 Å². The molecule has 126 valence electrons. The maximum atomic E-state index is 12.5. The van der Waals surface area contributed by atoms with Gasteiger partial charge in [0, 0.05) is 18.8 Å². The molecule has 2 N–H and O–H groups in total. The van der Waals surface area contributed by atoms with E-state index in [2.05, 4.69) is 15.5 Å². The summed E-state index contributed by atoms with van der Waals surface area (Å²) < 4.78 is 5.21. The van der Waals surface area contributed by atoms with Crippen LogP contribution in [0.1, 0.15) is 22.2 Å². The molecule has 4 rings (SSSR count). The zero-order chi connectivity index (χ0) is 17.4. The van der Waals surface area contributed by atoms with Gasteiger partial charge in [0.1, 0.15) is 17.6 Å². The third-order valence-electron chi connectivity index (χ3n) is 4.51. The van der Waals surface area contributed by atoms with Crippen LogP contribution in [0, 0.1) is 0 Å². The Morgan fingerprint density at radius 1 is 1.08 bits per heavy atom. The fourth-order valence-electron chi connectivity index (χ4n) is 3.17. The fraction of sp³-hybridized carbons (Fsp3) is 0.158. The number of H-pyrrole nitrogens is 1. The Morgan fingerprint density at radius 2 is 1.84 bits per heavy atom. The smallest absolute Gasteiger partial charge is 0.255 e. The third-order valence-corrected chi connectivity index (χ3v) is 4.51. The first-order valence-electron chi connectivity index (χ1n) is 8.00. The molecule has 1 atom stereocenters. The van der Waals surface area contributed by atoms with E-state index in [0.29, 0.717) is 5.56 Å². The van der Waals surface area contributed by atoms with Crippen molar-refractivity contribution in [3.63, 3.8) is 0 Å². The van der Waals surface area contributed by atoms with Crippen molar-refractivity contribution in [1.82, 2.24) is 15.5 Å². The number of aromatic nitrogens is 2. The summed E-state index contributed by atoms with van der Waals surface area (Å²) in [5.74, 6) is 0.702. The summed E-state index contributed by atoms with van der Waals surface area (Å²) in [5.41, 5.74) is 4.28. The first-order valence-corrected chi connectivity index (χ1v) is 8.00. The number of methoxy groups -OCH3 is 1. The predicted octanol–water partition coefficient (Wildman–Crippen LogP) is 2.96. The number of ether oxygens (including phenoxy) is 1. The molecule has 1 aromatic heterocycles. The average Bonchev–Trinajstić information content (AvgIpc) is 3.14. The van der Waals surface area contributed by atoms with Gasteiger partial charge in [0.05, 0.1) is 18.4 Å². The number of hydrogen-bond acceptors (Lipinski definition) is 4. The molecule has 0 bridgehead atoms. The minimum atomic E-state index is -0.342. The molecule has 0 saturated heterocycles. The normalized spacial score (nSPS) is 16.3. The summed E-state index contributed by atoms with van der Waals surface area (Å²) >= 11 is 0. The highest BCUT2D eigenvalue weighted by Crippen LogP contribution is 2.35. The summed E-state index contributed by atoms with van der Waals surface area (Å²) in [4.78, 5) is 14.5. The van der Waals surface area contributed by atoms with Crippen molar-refractivity contribution in [2.24, 2.45) is 0 Å². The van der Waals surface area contributed by atoms with E-state index in [1.165, 1.54) is 0 Å². The average molecular weight is 334 g/mol. The highest BCUT2D eigenvalue weighted by Gasteiger charge is 2.32. The van der Waals surface area contributed by atoms with Gasteiger partial charge in [0.25, 0.3) is 5.91 Å². The van der Waals surface area contributed by atoms with E-state index in [1.807, 2.05) is 66.7 Å². The molecule has 1 aliphatic heterocycles. The standard InChI is InChI=1S/C19H18N4O2/c1-23-16-6-4-3-5-14(16)19(24)21-18(23)17-15(11-20-22-17)12-7-9-13(25-2)10-8-12/h3-11,18H,1-2H3,(H,20,22)(H,21,24). The minimum absolute atomic E-state index is 0.0950. The van der Waals surface area contributed by atoms with E-state index in [4.69, 9.17) is 4.74 Å². The summed E-state index contributed by atoms with van der Waals surface area (Å²) in [6.45, 7) is 0. The topological polar surface area (TPSA) is 70.2 Å². The molecule has 25 heavy (non-hydrogen) atoms. The molecule has 0 aliphatic carbocycles. The molecule has 6 nitrogen and oxygen atoms in total. The lowest BCUT2D eigenvalue weighted by Crippen LogP contribution is -2.45. The van der Waals surface area contributed by atoms with Gasteiger partial charge in [0.15, 0.2) is 0 Å². The molecular formula is C19H18N4O2.